The number of nitrogens with zero attached hydrogens (tertiary/aromatic N) is 3. The van der Waals surface area contributed by atoms with Gasteiger partial charge >= 0.3 is 0 Å². The fourth-order valence-corrected chi connectivity index (χ4v) is 2.82. The van der Waals surface area contributed by atoms with Crippen LogP contribution in [0.2, 0.25) is 0 Å². The van der Waals surface area contributed by atoms with E-state index in [0.29, 0.717) is 0 Å². The van der Waals surface area contributed by atoms with Crippen LogP contribution in [0.1, 0.15) is 31.7 Å². The van der Waals surface area contributed by atoms with Crippen LogP contribution in [-0.4, -0.2) is 22.6 Å². The highest BCUT2D eigenvalue weighted by Crippen LogP contribution is 2.19. The van der Waals surface area contributed by atoms with E-state index in [4.69, 9.17) is 0 Å². The van der Waals surface area contributed by atoms with Crippen molar-refractivity contribution in [3.05, 3.63) is 42.4 Å². The van der Waals surface area contributed by atoms with E-state index in [2.05, 4.69) is 57.3 Å². The summed E-state index contributed by atoms with van der Waals surface area (Å²) in [6, 6.07) is 6.42. The predicted molar refractivity (Wildman–Crippen MR) is 87.7 cm³/mol. The Labute approximate surface area is 126 Å². The van der Waals surface area contributed by atoms with Crippen LogP contribution in [0.15, 0.2) is 36.8 Å². The summed E-state index contributed by atoms with van der Waals surface area (Å²) in [6.07, 6.45) is 10.0. The summed E-state index contributed by atoms with van der Waals surface area (Å²) in [5, 5.41) is 3.44. The van der Waals surface area contributed by atoms with Crippen molar-refractivity contribution in [1.82, 2.24) is 9.55 Å². The standard InChI is InChI=1S/C17H24N4/c1-2-8-20-11-7-15(14-20)12-18-16-5-6-17(19-13-16)21-9-3-4-10-21/h5-7,11,13-14,18H,2-4,8-10,12H2,1H3. The lowest BCUT2D eigenvalue weighted by Gasteiger charge is -2.16. The molecule has 2 aromatic rings. The summed E-state index contributed by atoms with van der Waals surface area (Å²) < 4.78 is 2.24. The van der Waals surface area contributed by atoms with Gasteiger partial charge in [0.05, 0.1) is 11.9 Å². The number of anilines is 2. The number of hydrogen-bond acceptors (Lipinski definition) is 3. The van der Waals surface area contributed by atoms with Gasteiger partial charge in [0.25, 0.3) is 0 Å². The van der Waals surface area contributed by atoms with Gasteiger partial charge in [-0.05, 0) is 43.0 Å². The first-order chi connectivity index (χ1) is 10.3. The van der Waals surface area contributed by atoms with Crippen molar-refractivity contribution in [2.75, 3.05) is 23.3 Å². The van der Waals surface area contributed by atoms with Crippen molar-refractivity contribution < 1.29 is 0 Å². The molecule has 0 atom stereocenters. The second-order valence-electron chi connectivity index (χ2n) is 5.71. The normalized spacial score (nSPS) is 14.6. The molecule has 1 saturated heterocycles. The Hall–Kier alpha value is -1.97. The van der Waals surface area contributed by atoms with Gasteiger partial charge in [0, 0.05) is 38.6 Å². The average molecular weight is 284 g/mol. The molecule has 4 nitrogen and oxygen atoms in total. The highest BCUT2D eigenvalue weighted by molar-refractivity contribution is 5.49. The summed E-state index contributed by atoms with van der Waals surface area (Å²) >= 11 is 0. The predicted octanol–water partition coefficient (Wildman–Crippen LogP) is 3.51. The van der Waals surface area contributed by atoms with Gasteiger partial charge < -0.3 is 14.8 Å². The topological polar surface area (TPSA) is 33.1 Å². The summed E-state index contributed by atoms with van der Waals surface area (Å²) in [7, 11) is 0. The summed E-state index contributed by atoms with van der Waals surface area (Å²) in [4.78, 5) is 6.92. The van der Waals surface area contributed by atoms with E-state index >= 15 is 0 Å². The van der Waals surface area contributed by atoms with Gasteiger partial charge in [-0.15, -0.1) is 0 Å². The third-order valence-corrected chi connectivity index (χ3v) is 3.97. The molecule has 3 rings (SSSR count). The lowest BCUT2D eigenvalue weighted by molar-refractivity contribution is 0.681. The quantitative estimate of drug-likeness (QED) is 0.881. The van der Waals surface area contributed by atoms with E-state index in [1.54, 1.807) is 0 Å². The first-order valence-corrected chi connectivity index (χ1v) is 7.94. The molecule has 0 saturated carbocycles. The zero-order valence-corrected chi connectivity index (χ0v) is 12.8. The zero-order valence-electron chi connectivity index (χ0n) is 12.8. The largest absolute Gasteiger partial charge is 0.380 e. The Morgan fingerprint density at radius 3 is 2.76 bits per heavy atom. The van der Waals surface area contributed by atoms with E-state index in [1.165, 1.54) is 24.8 Å². The Morgan fingerprint density at radius 2 is 2.05 bits per heavy atom. The molecule has 0 aliphatic carbocycles. The van der Waals surface area contributed by atoms with Gasteiger partial charge in [0.2, 0.25) is 0 Å². The maximum atomic E-state index is 4.57. The minimum atomic E-state index is 0.849. The van der Waals surface area contributed by atoms with Crippen molar-refractivity contribution >= 4 is 11.5 Å². The van der Waals surface area contributed by atoms with Crippen molar-refractivity contribution in [3.63, 3.8) is 0 Å². The highest BCUT2D eigenvalue weighted by Gasteiger charge is 2.12. The molecule has 112 valence electrons. The molecule has 0 bridgehead atoms. The molecule has 3 heterocycles. The van der Waals surface area contributed by atoms with Crippen LogP contribution in [0.4, 0.5) is 11.5 Å². The van der Waals surface area contributed by atoms with Crippen LogP contribution in [0.25, 0.3) is 0 Å². The Balaban J connectivity index is 1.54. The van der Waals surface area contributed by atoms with Crippen molar-refractivity contribution in [3.8, 4) is 0 Å². The monoisotopic (exact) mass is 284 g/mol. The third kappa shape index (κ3) is 3.57. The lowest BCUT2D eigenvalue weighted by atomic mass is 10.3. The number of pyridine rings is 1. The van der Waals surface area contributed by atoms with Gasteiger partial charge in [0.1, 0.15) is 5.82 Å². The molecule has 2 aromatic heterocycles. The molecule has 0 spiro atoms. The second-order valence-corrected chi connectivity index (χ2v) is 5.71. The van der Waals surface area contributed by atoms with Crippen molar-refractivity contribution in [2.24, 2.45) is 0 Å². The molecule has 0 aromatic carbocycles. The summed E-state index contributed by atoms with van der Waals surface area (Å²) in [5.74, 6) is 1.10. The molecule has 0 amide bonds. The van der Waals surface area contributed by atoms with E-state index in [1.807, 2.05) is 6.20 Å². The molecule has 4 heteroatoms. The van der Waals surface area contributed by atoms with Gasteiger partial charge in [-0.1, -0.05) is 6.92 Å². The minimum absolute atomic E-state index is 0.849. The van der Waals surface area contributed by atoms with Crippen LogP contribution in [0.3, 0.4) is 0 Å². The van der Waals surface area contributed by atoms with Gasteiger partial charge in [-0.2, -0.15) is 0 Å². The van der Waals surface area contributed by atoms with Crippen LogP contribution in [-0.2, 0) is 13.1 Å². The van der Waals surface area contributed by atoms with Crippen molar-refractivity contribution in [1.29, 1.82) is 0 Å². The van der Waals surface area contributed by atoms with E-state index in [9.17, 15) is 0 Å². The number of aromatic nitrogens is 2. The van der Waals surface area contributed by atoms with Crippen LogP contribution in [0.5, 0.6) is 0 Å². The maximum absolute atomic E-state index is 4.57. The maximum Gasteiger partial charge on any atom is 0.128 e. The van der Waals surface area contributed by atoms with Gasteiger partial charge in [-0.3, -0.25) is 0 Å². The second kappa shape index (κ2) is 6.66. The zero-order chi connectivity index (χ0) is 14.5. The molecule has 1 aliphatic heterocycles. The lowest BCUT2D eigenvalue weighted by Crippen LogP contribution is -2.18. The summed E-state index contributed by atoms with van der Waals surface area (Å²) in [6.45, 7) is 6.43. The van der Waals surface area contributed by atoms with E-state index < -0.39 is 0 Å². The van der Waals surface area contributed by atoms with Crippen LogP contribution in [0, 0.1) is 0 Å². The van der Waals surface area contributed by atoms with Crippen LogP contribution >= 0.6 is 0 Å². The van der Waals surface area contributed by atoms with Crippen LogP contribution < -0.4 is 10.2 Å². The Kier molecular flexibility index (Phi) is 4.43. The SMILES string of the molecule is CCCn1ccc(CNc2ccc(N3CCCC3)nc2)c1. The van der Waals surface area contributed by atoms with Gasteiger partial charge in [0.15, 0.2) is 0 Å². The molecular weight excluding hydrogens is 260 g/mol. The fraction of sp³-hybridized carbons (Fsp3) is 0.471. The smallest absolute Gasteiger partial charge is 0.128 e. The highest BCUT2D eigenvalue weighted by atomic mass is 15.2. The Bertz CT molecular complexity index is 552. The molecule has 1 fully saturated rings. The molecule has 0 radical (unpaired) electrons. The number of nitrogens with one attached hydrogen (secondary N) is 1. The number of rotatable bonds is 6. The van der Waals surface area contributed by atoms with E-state index in [0.717, 1.165) is 37.7 Å². The minimum Gasteiger partial charge on any atom is -0.380 e. The molecule has 0 unspecified atom stereocenters. The van der Waals surface area contributed by atoms with Gasteiger partial charge in [-0.25, -0.2) is 4.98 Å². The Morgan fingerprint density at radius 1 is 1.19 bits per heavy atom. The average Bonchev–Trinajstić information content (AvgIpc) is 3.18. The molecule has 1 N–H and O–H groups in total. The molecule has 1 aliphatic rings. The third-order valence-electron chi connectivity index (χ3n) is 3.97. The first-order valence-electron chi connectivity index (χ1n) is 7.94. The van der Waals surface area contributed by atoms with Crippen molar-refractivity contribution in [2.45, 2.75) is 39.3 Å². The number of hydrogen-bond donors (Lipinski definition) is 1. The molecule has 21 heavy (non-hydrogen) atoms. The van der Waals surface area contributed by atoms with E-state index in [-0.39, 0.29) is 0 Å². The summed E-state index contributed by atoms with van der Waals surface area (Å²) in [5.41, 5.74) is 2.40. The number of aryl methyl sites for hydroxylation is 1. The molecular formula is C17H24N4. The first kappa shape index (κ1) is 14.0. The fourth-order valence-electron chi connectivity index (χ4n) is 2.82.